The third kappa shape index (κ3) is 52.1. The van der Waals surface area contributed by atoms with Gasteiger partial charge in [-0.25, -0.2) is 0 Å². The van der Waals surface area contributed by atoms with E-state index < -0.39 is 49.5 Å². The SMILES string of the molecule is CCCCCCCCCCCCCCCCCCCC/C=C/CC/C=C/CC/C=C/C(O)C(COC1OC(CO)C(O)C(O)C1O)NC(=O)CCCCCCCCCCCCCCCCCCCCCCCCCCCCCCCCCC. The van der Waals surface area contributed by atoms with Crippen LogP contribution < -0.4 is 5.32 Å². The van der Waals surface area contributed by atoms with E-state index in [1.165, 1.54) is 308 Å². The molecule has 9 nitrogen and oxygen atoms in total. The maximum Gasteiger partial charge on any atom is 0.220 e. The molecule has 7 atom stereocenters. The molecule has 0 aromatic rings. The Labute approximate surface area is 514 Å². The first kappa shape index (κ1) is 79.4. The Morgan fingerprint density at radius 1 is 0.398 bits per heavy atom. The van der Waals surface area contributed by atoms with Crippen molar-refractivity contribution >= 4 is 5.91 Å². The minimum absolute atomic E-state index is 0.183. The Bertz CT molecular complexity index is 1410. The normalized spacial score (nSPS) is 18.4. The third-order valence-electron chi connectivity index (χ3n) is 17.7. The third-order valence-corrected chi connectivity index (χ3v) is 17.7. The lowest BCUT2D eigenvalue weighted by molar-refractivity contribution is -0.302. The molecule has 0 spiro atoms. The van der Waals surface area contributed by atoms with Crippen LogP contribution in [0.25, 0.3) is 0 Å². The number of rotatable bonds is 65. The van der Waals surface area contributed by atoms with Crippen LogP contribution in [0.1, 0.15) is 373 Å². The van der Waals surface area contributed by atoms with Crippen LogP contribution in [0, 0.1) is 0 Å². The first-order valence-corrected chi connectivity index (χ1v) is 36.7. The first-order valence-electron chi connectivity index (χ1n) is 36.7. The highest BCUT2D eigenvalue weighted by Gasteiger charge is 2.44. The molecule has 1 amide bonds. The van der Waals surface area contributed by atoms with Gasteiger partial charge in [-0.2, -0.15) is 0 Å². The van der Waals surface area contributed by atoms with Crippen molar-refractivity contribution in [3.63, 3.8) is 0 Å². The van der Waals surface area contributed by atoms with Gasteiger partial charge < -0.3 is 40.3 Å². The van der Waals surface area contributed by atoms with Crippen molar-refractivity contribution in [2.45, 2.75) is 416 Å². The summed E-state index contributed by atoms with van der Waals surface area (Å²) < 4.78 is 11.3. The molecule has 1 aliphatic rings. The number of carbonyl (C=O) groups is 1. The average Bonchev–Trinajstić information content (AvgIpc) is 3.49. The zero-order valence-electron chi connectivity index (χ0n) is 55.0. The molecule has 83 heavy (non-hydrogen) atoms. The summed E-state index contributed by atoms with van der Waals surface area (Å²) in [6, 6.07) is -0.828. The summed E-state index contributed by atoms with van der Waals surface area (Å²) in [5.74, 6) is -0.183. The summed E-state index contributed by atoms with van der Waals surface area (Å²) in [6.07, 6.45) is 78.5. The number of hydrogen-bond donors (Lipinski definition) is 6. The summed E-state index contributed by atoms with van der Waals surface area (Å²) in [4.78, 5) is 13.1. The Kier molecular flexibility index (Phi) is 60.7. The molecule has 0 bridgehead atoms. The lowest BCUT2D eigenvalue weighted by Crippen LogP contribution is -2.60. The molecule has 0 aromatic carbocycles. The molecular formula is C74H141NO8. The van der Waals surface area contributed by atoms with Crippen LogP contribution in [0.5, 0.6) is 0 Å². The maximum absolute atomic E-state index is 13.1. The highest BCUT2D eigenvalue weighted by Crippen LogP contribution is 2.24. The van der Waals surface area contributed by atoms with Gasteiger partial charge in [0.05, 0.1) is 25.4 Å². The molecule has 6 N–H and O–H groups in total. The number of hydrogen-bond acceptors (Lipinski definition) is 8. The number of aliphatic hydroxyl groups is 5. The molecule has 0 radical (unpaired) electrons. The molecular weight excluding hydrogens is 1030 g/mol. The van der Waals surface area contributed by atoms with Gasteiger partial charge in [-0.3, -0.25) is 4.79 Å². The fourth-order valence-electron chi connectivity index (χ4n) is 12.0. The van der Waals surface area contributed by atoms with E-state index in [0.717, 1.165) is 44.9 Å². The minimum Gasteiger partial charge on any atom is -0.394 e. The van der Waals surface area contributed by atoms with Gasteiger partial charge in [0.1, 0.15) is 24.4 Å². The summed E-state index contributed by atoms with van der Waals surface area (Å²) in [6.45, 7) is 3.82. The Morgan fingerprint density at radius 2 is 0.687 bits per heavy atom. The number of carbonyl (C=O) groups excluding carboxylic acids is 1. The number of nitrogens with one attached hydrogen (secondary N) is 1. The van der Waals surface area contributed by atoms with Gasteiger partial charge in [-0.05, 0) is 44.9 Å². The second-order valence-electron chi connectivity index (χ2n) is 25.7. The van der Waals surface area contributed by atoms with Gasteiger partial charge in [0.2, 0.25) is 5.91 Å². The summed E-state index contributed by atoms with van der Waals surface area (Å²) in [5, 5.41) is 54.8. The van der Waals surface area contributed by atoms with E-state index in [0.29, 0.717) is 6.42 Å². The smallest absolute Gasteiger partial charge is 0.220 e. The topological polar surface area (TPSA) is 149 Å². The zero-order chi connectivity index (χ0) is 60.0. The number of aliphatic hydroxyl groups excluding tert-OH is 5. The molecule has 490 valence electrons. The molecule has 0 saturated carbocycles. The van der Waals surface area contributed by atoms with Crippen molar-refractivity contribution in [3.8, 4) is 0 Å². The number of ether oxygens (including phenoxy) is 2. The number of allylic oxidation sites excluding steroid dienone is 5. The van der Waals surface area contributed by atoms with Gasteiger partial charge in [0.15, 0.2) is 6.29 Å². The lowest BCUT2D eigenvalue weighted by atomic mass is 9.99. The van der Waals surface area contributed by atoms with Crippen LogP contribution in [-0.2, 0) is 14.3 Å². The van der Waals surface area contributed by atoms with E-state index in [4.69, 9.17) is 9.47 Å². The average molecular weight is 1170 g/mol. The monoisotopic (exact) mass is 1170 g/mol. The van der Waals surface area contributed by atoms with Gasteiger partial charge in [0.25, 0.3) is 0 Å². The first-order chi connectivity index (χ1) is 40.8. The predicted molar refractivity (Wildman–Crippen MR) is 355 cm³/mol. The van der Waals surface area contributed by atoms with Crippen LogP contribution in [-0.4, -0.2) is 87.5 Å². The molecule has 1 rings (SSSR count). The quantitative estimate of drug-likeness (QED) is 0.0261. The second-order valence-corrected chi connectivity index (χ2v) is 25.7. The van der Waals surface area contributed by atoms with Crippen LogP contribution in [0.4, 0.5) is 0 Å². The standard InChI is InChI=1S/C74H141NO8/c1-3-5-7-9-11-13-15-17-19-21-23-25-27-29-31-33-34-35-36-38-40-42-44-46-48-50-52-54-56-58-60-62-64-70(78)75-67(66-82-74-73(81)72(80)71(79)69(65-76)83-74)68(77)63-61-59-57-55-53-51-49-47-45-43-41-39-37-32-30-28-26-24-22-20-18-16-14-12-10-8-6-4-2/h45,47,53,55,61,63,67-69,71-74,76-77,79-81H,3-44,46,48-52,54,56-60,62,64-66H2,1-2H3,(H,75,78)/b47-45+,55-53+,63-61+. The molecule has 1 fully saturated rings. The van der Waals surface area contributed by atoms with Crippen LogP contribution in [0.3, 0.4) is 0 Å². The van der Waals surface area contributed by atoms with Crippen LogP contribution >= 0.6 is 0 Å². The van der Waals surface area contributed by atoms with E-state index >= 15 is 0 Å². The Balaban J connectivity index is 2.13. The highest BCUT2D eigenvalue weighted by atomic mass is 16.7. The van der Waals surface area contributed by atoms with Crippen LogP contribution in [0.15, 0.2) is 36.5 Å². The summed E-state index contributed by atoms with van der Waals surface area (Å²) >= 11 is 0. The molecule has 0 aliphatic carbocycles. The maximum atomic E-state index is 13.1. The zero-order valence-corrected chi connectivity index (χ0v) is 55.0. The van der Waals surface area contributed by atoms with E-state index in [1.54, 1.807) is 6.08 Å². The molecule has 7 unspecified atom stereocenters. The van der Waals surface area contributed by atoms with Crippen molar-refractivity contribution in [1.82, 2.24) is 5.32 Å². The van der Waals surface area contributed by atoms with Gasteiger partial charge in [-0.15, -0.1) is 0 Å². The van der Waals surface area contributed by atoms with Gasteiger partial charge in [-0.1, -0.05) is 359 Å². The lowest BCUT2D eigenvalue weighted by Gasteiger charge is -2.40. The van der Waals surface area contributed by atoms with Crippen molar-refractivity contribution in [2.75, 3.05) is 13.2 Å². The highest BCUT2D eigenvalue weighted by molar-refractivity contribution is 5.76. The van der Waals surface area contributed by atoms with Gasteiger partial charge >= 0.3 is 0 Å². The second kappa shape index (κ2) is 63.4. The molecule has 1 aliphatic heterocycles. The van der Waals surface area contributed by atoms with E-state index in [2.05, 4.69) is 43.5 Å². The molecule has 0 aromatic heterocycles. The Morgan fingerprint density at radius 3 is 1.01 bits per heavy atom. The van der Waals surface area contributed by atoms with Crippen molar-refractivity contribution in [2.24, 2.45) is 0 Å². The number of unbranched alkanes of at least 4 members (excludes halogenated alkanes) is 51. The van der Waals surface area contributed by atoms with E-state index in [-0.39, 0.29) is 12.5 Å². The summed E-state index contributed by atoms with van der Waals surface area (Å²) in [7, 11) is 0. The van der Waals surface area contributed by atoms with Crippen molar-refractivity contribution < 1.29 is 39.8 Å². The molecule has 1 heterocycles. The molecule has 9 heteroatoms. The van der Waals surface area contributed by atoms with Gasteiger partial charge in [0, 0.05) is 6.42 Å². The van der Waals surface area contributed by atoms with Crippen LogP contribution in [0.2, 0.25) is 0 Å². The Hall–Kier alpha value is -1.59. The number of amides is 1. The largest absolute Gasteiger partial charge is 0.394 e. The minimum atomic E-state index is -1.58. The predicted octanol–water partition coefficient (Wildman–Crippen LogP) is 20.2. The van der Waals surface area contributed by atoms with E-state index in [9.17, 15) is 30.3 Å². The van der Waals surface area contributed by atoms with Crippen molar-refractivity contribution in [1.29, 1.82) is 0 Å². The van der Waals surface area contributed by atoms with Crippen molar-refractivity contribution in [3.05, 3.63) is 36.5 Å². The fourth-order valence-corrected chi connectivity index (χ4v) is 12.0. The fraction of sp³-hybridized carbons (Fsp3) is 0.905. The summed E-state index contributed by atoms with van der Waals surface area (Å²) in [5.41, 5.74) is 0. The molecule has 1 saturated heterocycles. The van der Waals surface area contributed by atoms with E-state index in [1.807, 2.05) is 6.08 Å².